The molecule has 0 spiro atoms. The fraction of sp³-hybridized carbons (Fsp3) is 0.533. The van der Waals surface area contributed by atoms with Crippen molar-refractivity contribution in [2.75, 3.05) is 18.0 Å². The third kappa shape index (κ3) is 2.14. The number of hydrogen-bond acceptors (Lipinski definition) is 2. The topological polar surface area (TPSA) is 20.3 Å². The predicted octanol–water partition coefficient (Wildman–Crippen LogP) is 3.78. The van der Waals surface area contributed by atoms with Crippen LogP contribution in [0.2, 0.25) is 5.02 Å². The van der Waals surface area contributed by atoms with Gasteiger partial charge in [0.05, 0.1) is 10.6 Å². The lowest BCUT2D eigenvalue weighted by Gasteiger charge is -2.43. The second kappa shape index (κ2) is 4.93. The molecule has 96 valence electrons. The maximum Gasteiger partial charge on any atom is 0.153 e. The number of rotatable bonds is 2. The van der Waals surface area contributed by atoms with E-state index in [2.05, 4.69) is 4.90 Å². The number of carbonyl (C=O) groups is 1. The minimum absolute atomic E-state index is 0.568. The van der Waals surface area contributed by atoms with Gasteiger partial charge in [0.1, 0.15) is 0 Å². The summed E-state index contributed by atoms with van der Waals surface area (Å²) < 4.78 is 0. The zero-order chi connectivity index (χ0) is 12.5. The molecule has 2 nitrogen and oxygen atoms in total. The Morgan fingerprint density at radius 3 is 2.61 bits per heavy atom. The van der Waals surface area contributed by atoms with Gasteiger partial charge in [-0.25, -0.2) is 0 Å². The average Bonchev–Trinajstić information content (AvgIpc) is 2.38. The summed E-state index contributed by atoms with van der Waals surface area (Å²) in [7, 11) is 0. The molecule has 1 aliphatic heterocycles. The number of aldehydes is 1. The van der Waals surface area contributed by atoms with Gasteiger partial charge in [-0.3, -0.25) is 4.79 Å². The van der Waals surface area contributed by atoms with Crippen LogP contribution in [0.15, 0.2) is 18.2 Å². The standard InChI is InChI=1S/C15H18ClNO/c16-14-5-2-6-15(13(14)10-18)17-8-11-3-1-4-12(7-11)9-17/h2,5-6,10-12H,1,3-4,7-9H2. The van der Waals surface area contributed by atoms with Crippen LogP contribution in [0.3, 0.4) is 0 Å². The van der Waals surface area contributed by atoms with Crippen LogP contribution in [0.4, 0.5) is 5.69 Å². The molecule has 3 heteroatoms. The van der Waals surface area contributed by atoms with Crippen molar-refractivity contribution >= 4 is 23.6 Å². The summed E-state index contributed by atoms with van der Waals surface area (Å²) in [6.45, 7) is 2.16. The molecule has 0 amide bonds. The fourth-order valence-corrected chi connectivity index (χ4v) is 3.76. The summed E-state index contributed by atoms with van der Waals surface area (Å²) in [6, 6.07) is 5.76. The van der Waals surface area contributed by atoms with Gasteiger partial charge >= 0.3 is 0 Å². The molecule has 1 aromatic rings. The minimum Gasteiger partial charge on any atom is -0.370 e. The molecule has 2 atom stereocenters. The molecular formula is C15H18ClNO. The molecule has 1 aliphatic carbocycles. The summed E-state index contributed by atoms with van der Waals surface area (Å²) in [5.74, 6) is 1.60. The molecule has 1 aromatic carbocycles. The Labute approximate surface area is 113 Å². The molecule has 2 unspecified atom stereocenters. The smallest absolute Gasteiger partial charge is 0.153 e. The van der Waals surface area contributed by atoms with E-state index in [0.717, 1.165) is 36.9 Å². The van der Waals surface area contributed by atoms with Crippen molar-refractivity contribution in [1.82, 2.24) is 0 Å². The summed E-state index contributed by atoms with van der Waals surface area (Å²) in [5, 5.41) is 0.568. The molecule has 0 N–H and O–H groups in total. The summed E-state index contributed by atoms with van der Waals surface area (Å²) in [5.41, 5.74) is 1.67. The highest BCUT2D eigenvalue weighted by atomic mass is 35.5. The molecule has 18 heavy (non-hydrogen) atoms. The molecule has 2 bridgehead atoms. The van der Waals surface area contributed by atoms with Gasteiger partial charge in [0.2, 0.25) is 0 Å². The van der Waals surface area contributed by atoms with Gasteiger partial charge in [-0.2, -0.15) is 0 Å². The Balaban J connectivity index is 1.90. The Bertz CT molecular complexity index is 448. The van der Waals surface area contributed by atoms with Crippen LogP contribution in [0.1, 0.15) is 36.0 Å². The average molecular weight is 264 g/mol. The zero-order valence-corrected chi connectivity index (χ0v) is 11.2. The zero-order valence-electron chi connectivity index (χ0n) is 10.4. The van der Waals surface area contributed by atoms with E-state index in [1.165, 1.54) is 25.7 Å². The van der Waals surface area contributed by atoms with Gasteiger partial charge < -0.3 is 4.90 Å². The van der Waals surface area contributed by atoms with Gasteiger partial charge in [-0.05, 0) is 43.2 Å². The van der Waals surface area contributed by atoms with Gasteiger partial charge in [0.25, 0.3) is 0 Å². The predicted molar refractivity (Wildman–Crippen MR) is 74.5 cm³/mol. The summed E-state index contributed by atoms with van der Waals surface area (Å²) in [4.78, 5) is 13.6. The van der Waals surface area contributed by atoms with Gasteiger partial charge in [0, 0.05) is 18.8 Å². The number of fused-ring (bicyclic) bond motifs is 2. The van der Waals surface area contributed by atoms with Crippen LogP contribution in [-0.2, 0) is 0 Å². The van der Waals surface area contributed by atoms with Crippen LogP contribution < -0.4 is 4.90 Å². The van der Waals surface area contributed by atoms with Gasteiger partial charge in [-0.15, -0.1) is 0 Å². The van der Waals surface area contributed by atoms with E-state index in [4.69, 9.17) is 11.6 Å². The van der Waals surface area contributed by atoms with Crippen molar-refractivity contribution in [3.63, 3.8) is 0 Å². The highest BCUT2D eigenvalue weighted by molar-refractivity contribution is 6.33. The van der Waals surface area contributed by atoms with Gasteiger partial charge in [-0.1, -0.05) is 24.1 Å². The normalized spacial score (nSPS) is 27.1. The lowest BCUT2D eigenvalue weighted by molar-refractivity contribution is 0.112. The van der Waals surface area contributed by atoms with E-state index < -0.39 is 0 Å². The van der Waals surface area contributed by atoms with E-state index in [0.29, 0.717) is 10.6 Å². The number of halogens is 1. The van der Waals surface area contributed by atoms with Crippen LogP contribution >= 0.6 is 11.6 Å². The Morgan fingerprint density at radius 1 is 1.22 bits per heavy atom. The first-order valence-corrected chi connectivity index (χ1v) is 7.14. The second-order valence-corrected chi connectivity index (χ2v) is 6.00. The van der Waals surface area contributed by atoms with Crippen LogP contribution in [0, 0.1) is 11.8 Å². The lowest BCUT2D eigenvalue weighted by Crippen LogP contribution is -2.43. The molecule has 0 aromatic heterocycles. The molecule has 0 radical (unpaired) electrons. The second-order valence-electron chi connectivity index (χ2n) is 5.59. The largest absolute Gasteiger partial charge is 0.370 e. The number of nitrogens with zero attached hydrogens (tertiary/aromatic N) is 1. The fourth-order valence-electron chi connectivity index (χ4n) is 3.55. The number of carbonyl (C=O) groups excluding carboxylic acids is 1. The molecule has 1 heterocycles. The number of hydrogen-bond donors (Lipinski definition) is 0. The molecular weight excluding hydrogens is 246 g/mol. The van der Waals surface area contributed by atoms with Crippen molar-refractivity contribution in [3.05, 3.63) is 28.8 Å². The SMILES string of the molecule is O=Cc1c(Cl)cccc1N1CC2CCCC(C2)C1. The molecule has 3 rings (SSSR count). The van der Waals surface area contributed by atoms with Crippen molar-refractivity contribution in [1.29, 1.82) is 0 Å². The van der Waals surface area contributed by atoms with Crippen LogP contribution in [0.5, 0.6) is 0 Å². The molecule has 2 aliphatic rings. The summed E-state index contributed by atoms with van der Waals surface area (Å²) >= 11 is 6.11. The molecule has 1 saturated heterocycles. The maximum absolute atomic E-state index is 11.2. The first-order valence-electron chi connectivity index (χ1n) is 6.76. The maximum atomic E-state index is 11.2. The van der Waals surface area contributed by atoms with E-state index in [-0.39, 0.29) is 0 Å². The van der Waals surface area contributed by atoms with E-state index in [1.807, 2.05) is 12.1 Å². The number of piperidine rings is 1. The first-order chi connectivity index (χ1) is 8.78. The molecule has 1 saturated carbocycles. The molecule has 2 fully saturated rings. The summed E-state index contributed by atoms with van der Waals surface area (Å²) in [6.07, 6.45) is 6.31. The lowest BCUT2D eigenvalue weighted by atomic mass is 9.77. The highest BCUT2D eigenvalue weighted by Gasteiger charge is 2.31. The van der Waals surface area contributed by atoms with Crippen molar-refractivity contribution in [2.24, 2.45) is 11.8 Å². The third-order valence-corrected chi connectivity index (χ3v) is 4.67. The quantitative estimate of drug-likeness (QED) is 0.757. The van der Waals surface area contributed by atoms with Gasteiger partial charge in [0.15, 0.2) is 6.29 Å². The van der Waals surface area contributed by atoms with Crippen LogP contribution in [-0.4, -0.2) is 19.4 Å². The Kier molecular flexibility index (Phi) is 3.29. The third-order valence-electron chi connectivity index (χ3n) is 4.34. The van der Waals surface area contributed by atoms with Crippen LogP contribution in [0.25, 0.3) is 0 Å². The van der Waals surface area contributed by atoms with Crippen molar-refractivity contribution < 1.29 is 4.79 Å². The van der Waals surface area contributed by atoms with Crippen molar-refractivity contribution in [2.45, 2.75) is 25.7 Å². The number of anilines is 1. The minimum atomic E-state index is 0.568. The number of benzene rings is 1. The van der Waals surface area contributed by atoms with E-state index in [1.54, 1.807) is 6.07 Å². The van der Waals surface area contributed by atoms with Crippen molar-refractivity contribution in [3.8, 4) is 0 Å². The van der Waals surface area contributed by atoms with E-state index >= 15 is 0 Å². The monoisotopic (exact) mass is 263 g/mol. The van der Waals surface area contributed by atoms with E-state index in [9.17, 15) is 4.79 Å². The highest BCUT2D eigenvalue weighted by Crippen LogP contribution is 2.37. The Hall–Kier alpha value is -1.02. The Morgan fingerprint density at radius 2 is 1.94 bits per heavy atom. The first kappa shape index (κ1) is 12.0.